The normalized spacial score (nSPS) is 18.4. The summed E-state index contributed by atoms with van der Waals surface area (Å²) in [5.74, 6) is 1.56. The first-order valence-corrected chi connectivity index (χ1v) is 12.1. The molecule has 1 saturated heterocycles. The minimum Gasteiger partial charge on any atom is -0.486 e. The third kappa shape index (κ3) is 4.70. The fourth-order valence-corrected chi connectivity index (χ4v) is 5.38. The van der Waals surface area contributed by atoms with Gasteiger partial charge in [0.25, 0.3) is 5.91 Å². The largest absolute Gasteiger partial charge is 0.486 e. The van der Waals surface area contributed by atoms with Gasteiger partial charge in [-0.15, -0.1) is 0 Å². The number of amides is 1. The van der Waals surface area contributed by atoms with Crippen molar-refractivity contribution in [1.29, 1.82) is 0 Å². The zero-order valence-electron chi connectivity index (χ0n) is 17.8. The van der Waals surface area contributed by atoms with Gasteiger partial charge in [0, 0.05) is 18.7 Å². The number of fused-ring (bicyclic) bond motifs is 1. The molecule has 2 aliphatic heterocycles. The maximum absolute atomic E-state index is 13.0. The third-order valence-corrected chi connectivity index (χ3v) is 7.79. The van der Waals surface area contributed by atoms with E-state index in [0.29, 0.717) is 49.3 Å². The predicted molar refractivity (Wildman–Crippen MR) is 117 cm³/mol. The summed E-state index contributed by atoms with van der Waals surface area (Å²) in [5.41, 5.74) is 1.19. The fourth-order valence-electron chi connectivity index (χ4n) is 3.86. The van der Waals surface area contributed by atoms with E-state index in [1.54, 1.807) is 18.2 Å². The summed E-state index contributed by atoms with van der Waals surface area (Å²) in [4.78, 5) is 13.0. The van der Waals surface area contributed by atoms with Crippen molar-refractivity contribution in [1.82, 2.24) is 9.62 Å². The summed E-state index contributed by atoms with van der Waals surface area (Å²) in [5, 5.41) is 2.94. The van der Waals surface area contributed by atoms with Crippen LogP contribution in [-0.4, -0.2) is 44.9 Å². The Morgan fingerprint density at radius 2 is 1.77 bits per heavy atom. The van der Waals surface area contributed by atoms with Gasteiger partial charge in [-0.2, -0.15) is 4.31 Å². The second kappa shape index (κ2) is 8.88. The minimum atomic E-state index is -3.61. The third-order valence-electron chi connectivity index (χ3n) is 5.89. The molecule has 1 atom stereocenters. The van der Waals surface area contributed by atoms with E-state index in [9.17, 15) is 13.2 Å². The van der Waals surface area contributed by atoms with Crippen molar-refractivity contribution >= 4 is 15.9 Å². The Morgan fingerprint density at radius 1 is 1.06 bits per heavy atom. The monoisotopic (exact) mass is 444 g/mol. The van der Waals surface area contributed by atoms with Gasteiger partial charge in [0.2, 0.25) is 10.0 Å². The maximum Gasteiger partial charge on any atom is 0.251 e. The highest BCUT2D eigenvalue weighted by molar-refractivity contribution is 7.89. The molecule has 2 heterocycles. The number of benzene rings is 2. The molecule has 0 bridgehead atoms. The molecule has 2 aromatic carbocycles. The number of hydrogen-bond donors (Lipinski definition) is 1. The van der Waals surface area contributed by atoms with Crippen LogP contribution in [0.2, 0.25) is 0 Å². The van der Waals surface area contributed by atoms with Crippen LogP contribution in [0, 0.1) is 5.92 Å². The molecule has 166 valence electrons. The molecule has 2 aliphatic rings. The van der Waals surface area contributed by atoms with Crippen molar-refractivity contribution in [2.45, 2.75) is 37.6 Å². The molecule has 7 nitrogen and oxygen atoms in total. The summed E-state index contributed by atoms with van der Waals surface area (Å²) in [7, 11) is -3.61. The summed E-state index contributed by atoms with van der Waals surface area (Å²) in [6.07, 6.45) is 1.71. The van der Waals surface area contributed by atoms with Crippen molar-refractivity contribution in [3.8, 4) is 11.5 Å². The van der Waals surface area contributed by atoms with Crippen LogP contribution in [0.3, 0.4) is 0 Å². The number of carbonyl (C=O) groups excluding carboxylic acids is 1. The number of rotatable bonds is 5. The molecular weight excluding hydrogens is 416 g/mol. The van der Waals surface area contributed by atoms with Gasteiger partial charge in [-0.25, -0.2) is 8.42 Å². The lowest BCUT2D eigenvalue weighted by atomic mass is 10.0. The highest BCUT2D eigenvalue weighted by Crippen LogP contribution is 2.32. The van der Waals surface area contributed by atoms with Crippen LogP contribution in [0.5, 0.6) is 11.5 Å². The molecule has 0 spiro atoms. The van der Waals surface area contributed by atoms with Crippen LogP contribution < -0.4 is 14.8 Å². The Hall–Kier alpha value is -2.58. The Balaban J connectivity index is 1.48. The van der Waals surface area contributed by atoms with Crippen molar-refractivity contribution in [3.05, 3.63) is 53.6 Å². The van der Waals surface area contributed by atoms with E-state index in [4.69, 9.17) is 9.47 Å². The molecule has 1 fully saturated rings. The minimum absolute atomic E-state index is 0.154. The number of ether oxygens (including phenoxy) is 2. The van der Waals surface area contributed by atoms with Crippen molar-refractivity contribution in [2.75, 3.05) is 26.3 Å². The van der Waals surface area contributed by atoms with Gasteiger partial charge in [-0.1, -0.05) is 19.1 Å². The molecule has 8 heteroatoms. The zero-order valence-corrected chi connectivity index (χ0v) is 18.7. The van der Waals surface area contributed by atoms with Crippen LogP contribution in [0.4, 0.5) is 0 Å². The van der Waals surface area contributed by atoms with Crippen LogP contribution in [0.1, 0.15) is 48.7 Å². The number of nitrogens with one attached hydrogen (secondary N) is 1. The first-order chi connectivity index (χ1) is 14.8. The van der Waals surface area contributed by atoms with E-state index in [-0.39, 0.29) is 16.8 Å². The summed E-state index contributed by atoms with van der Waals surface area (Å²) in [6, 6.07) is 11.5. The fraction of sp³-hybridized carbons (Fsp3) is 0.435. The van der Waals surface area contributed by atoms with Gasteiger partial charge in [-0.3, -0.25) is 4.79 Å². The zero-order chi connectivity index (χ0) is 22.0. The van der Waals surface area contributed by atoms with Crippen LogP contribution >= 0.6 is 0 Å². The lowest BCUT2D eigenvalue weighted by Gasteiger charge is -2.29. The van der Waals surface area contributed by atoms with Crippen LogP contribution in [0.15, 0.2) is 47.4 Å². The number of hydrogen-bond acceptors (Lipinski definition) is 5. The molecule has 0 aromatic heterocycles. The molecule has 4 rings (SSSR count). The summed E-state index contributed by atoms with van der Waals surface area (Å²) in [6.45, 7) is 6.06. The molecule has 0 aliphatic carbocycles. The molecular formula is C23H28N2O5S. The highest BCUT2D eigenvalue weighted by atomic mass is 32.2. The highest BCUT2D eigenvalue weighted by Gasteiger charge is 2.28. The van der Waals surface area contributed by atoms with Crippen molar-refractivity contribution in [3.63, 3.8) is 0 Å². The molecule has 0 unspecified atom stereocenters. The number of carbonyl (C=O) groups is 1. The summed E-state index contributed by atoms with van der Waals surface area (Å²) < 4.78 is 38.7. The predicted octanol–water partition coefficient (Wildman–Crippen LogP) is 3.37. The second-order valence-corrected chi connectivity index (χ2v) is 10.2. The Bertz CT molecular complexity index is 1060. The van der Waals surface area contributed by atoms with Crippen molar-refractivity contribution in [2.24, 2.45) is 5.92 Å². The molecule has 0 radical (unpaired) electrons. The maximum atomic E-state index is 13.0. The summed E-state index contributed by atoms with van der Waals surface area (Å²) >= 11 is 0. The van der Waals surface area contributed by atoms with Gasteiger partial charge >= 0.3 is 0 Å². The molecule has 2 aromatic rings. The van der Waals surface area contributed by atoms with Crippen LogP contribution in [-0.2, 0) is 10.0 Å². The lowest BCUT2D eigenvalue weighted by molar-refractivity contribution is 0.0939. The second-order valence-electron chi connectivity index (χ2n) is 8.21. The average Bonchev–Trinajstić information content (AvgIpc) is 2.79. The van der Waals surface area contributed by atoms with Gasteiger partial charge in [0.15, 0.2) is 11.5 Å². The topological polar surface area (TPSA) is 84.9 Å². The Morgan fingerprint density at radius 3 is 2.52 bits per heavy atom. The van der Waals surface area contributed by atoms with Crippen LogP contribution in [0.25, 0.3) is 0 Å². The van der Waals surface area contributed by atoms with E-state index in [1.165, 1.54) is 10.4 Å². The smallest absolute Gasteiger partial charge is 0.251 e. The number of nitrogens with zero attached hydrogens (tertiary/aromatic N) is 1. The van der Waals surface area contributed by atoms with Crippen molar-refractivity contribution < 1.29 is 22.7 Å². The van der Waals surface area contributed by atoms with Gasteiger partial charge < -0.3 is 14.8 Å². The van der Waals surface area contributed by atoms with E-state index >= 15 is 0 Å². The SMILES string of the molecule is CC1CCN(S(=O)(=O)c2cccc(C(=O)N[C@H](C)c3ccc4c(c3)OCCO4)c2)CC1. The number of sulfonamides is 1. The van der Waals surface area contributed by atoms with E-state index < -0.39 is 10.0 Å². The van der Waals surface area contributed by atoms with E-state index in [0.717, 1.165) is 18.4 Å². The number of piperidine rings is 1. The van der Waals surface area contributed by atoms with E-state index in [1.807, 2.05) is 25.1 Å². The Labute approximate surface area is 183 Å². The first-order valence-electron chi connectivity index (χ1n) is 10.7. The van der Waals surface area contributed by atoms with Gasteiger partial charge in [0.1, 0.15) is 13.2 Å². The Kier molecular flexibility index (Phi) is 6.20. The first kappa shape index (κ1) is 21.6. The standard InChI is InChI=1S/C23H28N2O5S/c1-16-8-10-25(11-9-16)31(27,28)20-5-3-4-19(14-20)23(26)24-17(2)18-6-7-21-22(15-18)30-13-12-29-21/h3-7,14-17H,8-13H2,1-2H3,(H,24,26)/t17-/m1/s1. The average molecular weight is 445 g/mol. The molecule has 31 heavy (non-hydrogen) atoms. The molecule has 1 amide bonds. The lowest BCUT2D eigenvalue weighted by Crippen LogP contribution is -2.38. The van der Waals surface area contributed by atoms with Gasteiger partial charge in [0.05, 0.1) is 10.9 Å². The van der Waals surface area contributed by atoms with Gasteiger partial charge in [-0.05, 0) is 61.6 Å². The molecule has 1 N–H and O–H groups in total. The van der Waals surface area contributed by atoms with E-state index in [2.05, 4.69) is 12.2 Å². The molecule has 0 saturated carbocycles. The quantitative estimate of drug-likeness (QED) is 0.764.